The van der Waals surface area contributed by atoms with E-state index in [9.17, 15) is 9.59 Å². The molecule has 5 heteroatoms. The van der Waals surface area contributed by atoms with Crippen LogP contribution in [0.4, 0.5) is 0 Å². The third kappa shape index (κ3) is 5.59. The molecule has 0 saturated carbocycles. The lowest BCUT2D eigenvalue weighted by atomic mass is 10.5. The van der Waals surface area contributed by atoms with Crippen molar-refractivity contribution in [2.45, 2.75) is 26.7 Å². The lowest BCUT2D eigenvalue weighted by Crippen LogP contribution is -2.14. The molecular formula is C6H12O4Si. The van der Waals surface area contributed by atoms with Gasteiger partial charge in [0.1, 0.15) is 0 Å². The van der Waals surface area contributed by atoms with Gasteiger partial charge in [0.2, 0.25) is 0 Å². The Morgan fingerprint density at radius 1 is 1.09 bits per heavy atom. The van der Waals surface area contributed by atoms with Crippen LogP contribution in [0.1, 0.15) is 26.7 Å². The lowest BCUT2D eigenvalue weighted by Gasteiger charge is -2.02. The van der Waals surface area contributed by atoms with Gasteiger partial charge in [-0.25, -0.2) is 0 Å². The molecule has 64 valence electrons. The molecule has 0 radical (unpaired) electrons. The molecule has 0 saturated heterocycles. The van der Waals surface area contributed by atoms with Gasteiger partial charge in [0.25, 0.3) is 11.9 Å². The van der Waals surface area contributed by atoms with E-state index in [2.05, 4.69) is 8.85 Å². The van der Waals surface area contributed by atoms with E-state index in [1.54, 1.807) is 13.8 Å². The molecule has 0 aromatic carbocycles. The quantitative estimate of drug-likeness (QED) is 0.561. The first-order valence-corrected chi connectivity index (χ1v) is 4.67. The highest BCUT2D eigenvalue weighted by Crippen LogP contribution is 1.85. The maximum absolute atomic E-state index is 10.5. The minimum Gasteiger partial charge on any atom is -0.489 e. The number of carbonyl (C=O) groups excluding carboxylic acids is 2. The Bertz CT molecular complexity index is 130. The van der Waals surface area contributed by atoms with Crippen molar-refractivity contribution in [2.24, 2.45) is 0 Å². The van der Waals surface area contributed by atoms with Crippen LogP contribution in [0.5, 0.6) is 0 Å². The van der Waals surface area contributed by atoms with E-state index in [0.717, 1.165) is 0 Å². The van der Waals surface area contributed by atoms with Crippen molar-refractivity contribution in [3.8, 4) is 0 Å². The van der Waals surface area contributed by atoms with Crippen molar-refractivity contribution < 1.29 is 18.4 Å². The fourth-order valence-corrected chi connectivity index (χ4v) is 1.10. The normalized spacial score (nSPS) is 8.91. The fourth-order valence-electron chi connectivity index (χ4n) is 0.365. The summed E-state index contributed by atoms with van der Waals surface area (Å²) in [5.74, 6) is -0.610. The second-order valence-corrected chi connectivity index (χ2v) is 2.67. The molecule has 0 aromatic heterocycles. The molecule has 4 nitrogen and oxygen atoms in total. The van der Waals surface area contributed by atoms with Crippen LogP contribution in [-0.2, 0) is 18.4 Å². The molecule has 0 bridgehead atoms. The Kier molecular flexibility index (Phi) is 5.45. The van der Waals surface area contributed by atoms with E-state index in [0.29, 0.717) is 12.8 Å². The van der Waals surface area contributed by atoms with Crippen molar-refractivity contribution in [1.29, 1.82) is 0 Å². The van der Waals surface area contributed by atoms with E-state index in [1.165, 1.54) is 0 Å². The van der Waals surface area contributed by atoms with Gasteiger partial charge in [-0.1, -0.05) is 13.8 Å². The highest BCUT2D eigenvalue weighted by atomic mass is 28.3. The summed E-state index contributed by atoms with van der Waals surface area (Å²) in [7, 11) is -1.40. The van der Waals surface area contributed by atoms with Crippen molar-refractivity contribution in [2.75, 3.05) is 0 Å². The molecule has 0 N–H and O–H groups in total. The van der Waals surface area contributed by atoms with E-state index in [-0.39, 0.29) is 11.9 Å². The van der Waals surface area contributed by atoms with Crippen LogP contribution < -0.4 is 0 Å². The summed E-state index contributed by atoms with van der Waals surface area (Å²) in [6, 6.07) is 0. The summed E-state index contributed by atoms with van der Waals surface area (Å²) < 4.78 is 9.24. The minimum absolute atomic E-state index is 0.305. The second-order valence-electron chi connectivity index (χ2n) is 1.86. The maximum atomic E-state index is 10.5. The summed E-state index contributed by atoms with van der Waals surface area (Å²) in [6.45, 7) is 3.39. The number of rotatable bonds is 4. The summed E-state index contributed by atoms with van der Waals surface area (Å²) in [4.78, 5) is 21.0. The minimum atomic E-state index is -1.40. The van der Waals surface area contributed by atoms with Crippen LogP contribution in [0.3, 0.4) is 0 Å². The first kappa shape index (κ1) is 10.2. The van der Waals surface area contributed by atoms with Crippen LogP contribution in [0, 0.1) is 0 Å². The summed E-state index contributed by atoms with van der Waals surface area (Å²) in [5, 5.41) is 0. The van der Waals surface area contributed by atoms with Crippen molar-refractivity contribution in [1.82, 2.24) is 0 Å². The first-order chi connectivity index (χ1) is 5.20. The van der Waals surface area contributed by atoms with Gasteiger partial charge in [-0.15, -0.1) is 0 Å². The largest absolute Gasteiger partial charge is 0.489 e. The SMILES string of the molecule is CCC(=O)O[SiH2]OC(=O)CC. The van der Waals surface area contributed by atoms with Gasteiger partial charge in [-0.3, -0.25) is 9.59 Å². The zero-order valence-electron chi connectivity index (χ0n) is 6.75. The molecule has 11 heavy (non-hydrogen) atoms. The molecule has 0 amide bonds. The van der Waals surface area contributed by atoms with Gasteiger partial charge in [0, 0.05) is 12.8 Å². The van der Waals surface area contributed by atoms with Gasteiger partial charge in [0.05, 0.1) is 0 Å². The molecule has 0 rings (SSSR count). The molecule has 0 aromatic rings. The predicted octanol–water partition coefficient (Wildman–Crippen LogP) is -0.108. The van der Waals surface area contributed by atoms with Crippen molar-refractivity contribution in [3.63, 3.8) is 0 Å². The highest BCUT2D eigenvalue weighted by molar-refractivity contribution is 6.25. The number of hydrogen-bond acceptors (Lipinski definition) is 4. The van der Waals surface area contributed by atoms with Crippen LogP contribution in [0.15, 0.2) is 0 Å². The zero-order valence-corrected chi connectivity index (χ0v) is 8.17. The molecular weight excluding hydrogens is 164 g/mol. The van der Waals surface area contributed by atoms with Crippen molar-refractivity contribution in [3.05, 3.63) is 0 Å². The Labute approximate surface area is 67.9 Å². The van der Waals surface area contributed by atoms with Crippen molar-refractivity contribution >= 4 is 21.9 Å². The Morgan fingerprint density at radius 2 is 1.45 bits per heavy atom. The molecule has 0 spiro atoms. The number of carbonyl (C=O) groups is 2. The molecule has 0 aliphatic carbocycles. The molecule has 0 aliphatic heterocycles. The smallest absolute Gasteiger partial charge is 0.431 e. The van der Waals surface area contributed by atoms with Crippen LogP contribution in [-0.4, -0.2) is 21.9 Å². The Morgan fingerprint density at radius 3 is 1.73 bits per heavy atom. The van der Waals surface area contributed by atoms with Gasteiger partial charge in [-0.05, 0) is 0 Å². The molecule has 0 aliphatic rings. The number of hydrogen-bond donors (Lipinski definition) is 0. The summed E-state index contributed by atoms with van der Waals surface area (Å²) in [6.07, 6.45) is 0.660. The topological polar surface area (TPSA) is 52.6 Å². The molecule has 0 fully saturated rings. The van der Waals surface area contributed by atoms with Crippen LogP contribution in [0.25, 0.3) is 0 Å². The Balaban J connectivity index is 3.27. The van der Waals surface area contributed by atoms with E-state index >= 15 is 0 Å². The predicted molar refractivity (Wildman–Crippen MR) is 41.3 cm³/mol. The summed E-state index contributed by atoms with van der Waals surface area (Å²) in [5.41, 5.74) is 0. The van der Waals surface area contributed by atoms with Gasteiger partial charge in [0.15, 0.2) is 0 Å². The lowest BCUT2D eigenvalue weighted by molar-refractivity contribution is -0.138. The van der Waals surface area contributed by atoms with Gasteiger partial charge >= 0.3 is 10.0 Å². The third-order valence-corrected chi connectivity index (χ3v) is 1.90. The van der Waals surface area contributed by atoms with E-state index < -0.39 is 10.0 Å². The van der Waals surface area contributed by atoms with Crippen LogP contribution in [0.2, 0.25) is 0 Å². The van der Waals surface area contributed by atoms with Gasteiger partial charge in [-0.2, -0.15) is 0 Å². The zero-order chi connectivity index (χ0) is 8.69. The summed E-state index contributed by atoms with van der Waals surface area (Å²) >= 11 is 0. The maximum Gasteiger partial charge on any atom is 0.431 e. The average molecular weight is 176 g/mol. The average Bonchev–Trinajstić information content (AvgIpc) is 2.04. The second kappa shape index (κ2) is 5.91. The Hall–Kier alpha value is -0.843. The van der Waals surface area contributed by atoms with Crippen LogP contribution >= 0.6 is 0 Å². The monoisotopic (exact) mass is 176 g/mol. The third-order valence-electron chi connectivity index (χ3n) is 1.02. The molecule has 0 heterocycles. The van der Waals surface area contributed by atoms with Gasteiger partial charge < -0.3 is 8.85 Å². The fraction of sp³-hybridized carbons (Fsp3) is 0.667. The molecule has 0 unspecified atom stereocenters. The first-order valence-electron chi connectivity index (χ1n) is 3.52. The molecule has 0 atom stereocenters. The highest BCUT2D eigenvalue weighted by Gasteiger charge is 2.01. The van der Waals surface area contributed by atoms with E-state index in [4.69, 9.17) is 0 Å². The standard InChI is InChI=1S/C6H12O4Si/c1-3-5(7)9-11-10-6(8)4-2/h3-4,11H2,1-2H3. The van der Waals surface area contributed by atoms with E-state index in [1.807, 2.05) is 0 Å².